The number of hydrogen-bond donors (Lipinski definition) is 1. The van der Waals surface area contributed by atoms with Gasteiger partial charge in [-0.2, -0.15) is 0 Å². The zero-order valence-electron chi connectivity index (χ0n) is 18.9. The van der Waals surface area contributed by atoms with Crippen molar-refractivity contribution in [2.24, 2.45) is 23.7 Å². The Hall–Kier alpha value is -3.06. The molecular formula is C32H29N. The summed E-state index contributed by atoms with van der Waals surface area (Å²) in [5.74, 6) is 3.58. The number of nitrogens with one attached hydrogen (secondary N) is 1. The Balaban J connectivity index is 1.31. The van der Waals surface area contributed by atoms with E-state index in [1.807, 2.05) is 0 Å². The van der Waals surface area contributed by atoms with Crippen LogP contribution in [0.1, 0.15) is 43.2 Å². The maximum atomic E-state index is 3.84. The van der Waals surface area contributed by atoms with Crippen LogP contribution in [0.15, 0.2) is 84.9 Å². The van der Waals surface area contributed by atoms with Crippen molar-refractivity contribution in [3.63, 3.8) is 0 Å². The third-order valence-corrected chi connectivity index (χ3v) is 9.61. The van der Waals surface area contributed by atoms with E-state index in [9.17, 15) is 0 Å². The molecule has 1 heteroatoms. The normalized spacial score (nSPS) is 30.5. The number of hydrogen-bond acceptors (Lipinski definition) is 1. The minimum atomic E-state index is 0.237. The maximum Gasteiger partial charge on any atom is 0.0467 e. The number of benzene rings is 4. The fraction of sp³-hybridized carbons (Fsp3) is 0.312. The molecule has 4 aromatic carbocycles. The van der Waals surface area contributed by atoms with Crippen LogP contribution in [0, 0.1) is 23.7 Å². The Morgan fingerprint density at radius 2 is 1.30 bits per heavy atom. The molecule has 0 heterocycles. The maximum absolute atomic E-state index is 3.84. The molecule has 5 aliphatic carbocycles. The van der Waals surface area contributed by atoms with Crippen LogP contribution in [0.25, 0.3) is 21.9 Å². The molecule has 162 valence electrons. The predicted octanol–water partition coefficient (Wildman–Crippen LogP) is 8.31. The second kappa shape index (κ2) is 6.50. The SMILES string of the molecule is c1ccc2c(c1)-c1c(Nc3ccc4ccccc4c3)cccc1C21C2CC3CC(C2)CC1C3. The van der Waals surface area contributed by atoms with E-state index in [0.717, 1.165) is 23.7 Å². The van der Waals surface area contributed by atoms with Gasteiger partial charge >= 0.3 is 0 Å². The first-order valence-electron chi connectivity index (χ1n) is 12.8. The summed E-state index contributed by atoms with van der Waals surface area (Å²) >= 11 is 0. The smallest absolute Gasteiger partial charge is 0.0467 e. The van der Waals surface area contributed by atoms with Crippen molar-refractivity contribution in [1.29, 1.82) is 0 Å². The number of rotatable bonds is 2. The van der Waals surface area contributed by atoms with Crippen molar-refractivity contribution in [2.45, 2.75) is 37.5 Å². The first-order chi connectivity index (χ1) is 16.3. The summed E-state index contributed by atoms with van der Waals surface area (Å²) < 4.78 is 0. The van der Waals surface area contributed by atoms with E-state index in [0.29, 0.717) is 0 Å². The summed E-state index contributed by atoms with van der Waals surface area (Å²) in [6.45, 7) is 0. The highest BCUT2D eigenvalue weighted by molar-refractivity contribution is 5.93. The zero-order valence-corrected chi connectivity index (χ0v) is 18.9. The molecule has 4 bridgehead atoms. The largest absolute Gasteiger partial charge is 0.355 e. The molecule has 4 saturated carbocycles. The van der Waals surface area contributed by atoms with Crippen LogP contribution in [0.2, 0.25) is 0 Å². The van der Waals surface area contributed by atoms with Crippen LogP contribution in [0.3, 0.4) is 0 Å². The lowest BCUT2D eigenvalue weighted by molar-refractivity contribution is -0.0399. The van der Waals surface area contributed by atoms with Gasteiger partial charge in [-0.25, -0.2) is 0 Å². The average molecular weight is 428 g/mol. The molecule has 0 atom stereocenters. The van der Waals surface area contributed by atoms with E-state index < -0.39 is 0 Å². The lowest BCUT2D eigenvalue weighted by Gasteiger charge is -2.61. The molecule has 0 saturated heterocycles. The van der Waals surface area contributed by atoms with Crippen LogP contribution in [-0.2, 0) is 5.41 Å². The Bertz CT molecular complexity index is 1390. The first kappa shape index (κ1) is 18.4. The van der Waals surface area contributed by atoms with Gasteiger partial charge in [0.05, 0.1) is 0 Å². The Kier molecular flexibility index (Phi) is 3.62. The van der Waals surface area contributed by atoms with Gasteiger partial charge < -0.3 is 5.32 Å². The van der Waals surface area contributed by atoms with E-state index >= 15 is 0 Å². The van der Waals surface area contributed by atoms with E-state index in [-0.39, 0.29) is 5.41 Å². The fourth-order valence-corrected chi connectivity index (χ4v) is 8.73. The summed E-state index contributed by atoms with van der Waals surface area (Å²) in [7, 11) is 0. The van der Waals surface area contributed by atoms with Crippen molar-refractivity contribution in [3.05, 3.63) is 96.1 Å². The minimum Gasteiger partial charge on any atom is -0.355 e. The molecule has 9 rings (SSSR count). The molecule has 0 radical (unpaired) electrons. The van der Waals surface area contributed by atoms with Crippen molar-refractivity contribution in [2.75, 3.05) is 5.32 Å². The summed E-state index contributed by atoms with van der Waals surface area (Å²) in [5, 5.41) is 6.42. The van der Waals surface area contributed by atoms with Gasteiger partial charge in [0.15, 0.2) is 0 Å². The third kappa shape index (κ3) is 2.38. The second-order valence-electron chi connectivity index (χ2n) is 11.1. The van der Waals surface area contributed by atoms with Crippen molar-refractivity contribution in [1.82, 2.24) is 0 Å². The summed E-state index contributed by atoms with van der Waals surface area (Å²) in [5.41, 5.74) is 8.86. The number of anilines is 2. The van der Waals surface area contributed by atoms with E-state index in [2.05, 4.69) is 90.2 Å². The van der Waals surface area contributed by atoms with Crippen molar-refractivity contribution in [3.8, 4) is 11.1 Å². The first-order valence-corrected chi connectivity index (χ1v) is 12.8. The molecule has 4 fully saturated rings. The average Bonchev–Trinajstić information content (AvgIpc) is 3.14. The molecule has 0 aliphatic heterocycles. The van der Waals surface area contributed by atoms with Crippen molar-refractivity contribution < 1.29 is 0 Å². The highest BCUT2D eigenvalue weighted by atomic mass is 14.9. The summed E-state index contributed by atoms with van der Waals surface area (Å²) in [4.78, 5) is 0. The lowest BCUT2D eigenvalue weighted by Crippen LogP contribution is -2.55. The number of fused-ring (bicyclic) bond motifs is 4. The molecule has 1 spiro atoms. The Morgan fingerprint density at radius 1 is 0.606 bits per heavy atom. The van der Waals surface area contributed by atoms with Crippen LogP contribution in [0.5, 0.6) is 0 Å². The highest BCUT2D eigenvalue weighted by Crippen LogP contribution is 2.69. The summed E-state index contributed by atoms with van der Waals surface area (Å²) in [6.07, 6.45) is 7.24. The Labute approximate surface area is 195 Å². The van der Waals surface area contributed by atoms with Gasteiger partial charge in [-0.15, -0.1) is 0 Å². The molecule has 1 N–H and O–H groups in total. The Morgan fingerprint density at radius 3 is 2.12 bits per heavy atom. The van der Waals surface area contributed by atoms with Crippen LogP contribution in [-0.4, -0.2) is 0 Å². The quantitative estimate of drug-likeness (QED) is 0.339. The molecule has 33 heavy (non-hydrogen) atoms. The van der Waals surface area contributed by atoms with Gasteiger partial charge in [0, 0.05) is 22.4 Å². The standard InChI is InChI=1S/C32H29N/c1-2-7-23-19-26(13-12-22(23)6-1)33-30-11-5-10-29-31(30)27-8-3-4-9-28(27)32(29)24-15-20-14-21(17-24)18-25(32)16-20/h1-13,19-21,24-25,33H,14-18H2. The molecular weight excluding hydrogens is 398 g/mol. The van der Waals surface area contributed by atoms with Gasteiger partial charge in [-0.3, -0.25) is 0 Å². The minimum absolute atomic E-state index is 0.237. The molecule has 0 amide bonds. The van der Waals surface area contributed by atoms with E-state index in [1.165, 1.54) is 65.4 Å². The predicted molar refractivity (Wildman–Crippen MR) is 137 cm³/mol. The third-order valence-electron chi connectivity index (χ3n) is 9.61. The van der Waals surface area contributed by atoms with Crippen molar-refractivity contribution >= 4 is 22.1 Å². The molecule has 5 aliphatic rings. The van der Waals surface area contributed by atoms with Crippen LogP contribution in [0.4, 0.5) is 11.4 Å². The van der Waals surface area contributed by atoms with Gasteiger partial charge in [-0.1, -0.05) is 66.7 Å². The summed E-state index contributed by atoms with van der Waals surface area (Å²) in [6, 6.07) is 31.8. The fourth-order valence-electron chi connectivity index (χ4n) is 8.73. The molecule has 4 aromatic rings. The molecule has 0 aromatic heterocycles. The van der Waals surface area contributed by atoms with Gasteiger partial charge in [-0.05, 0) is 101 Å². The second-order valence-corrected chi connectivity index (χ2v) is 11.1. The lowest BCUT2D eigenvalue weighted by atomic mass is 9.43. The van der Waals surface area contributed by atoms with E-state index in [1.54, 1.807) is 11.1 Å². The van der Waals surface area contributed by atoms with Crippen LogP contribution < -0.4 is 5.32 Å². The zero-order chi connectivity index (χ0) is 21.6. The van der Waals surface area contributed by atoms with Gasteiger partial charge in [0.25, 0.3) is 0 Å². The van der Waals surface area contributed by atoms with Gasteiger partial charge in [0.2, 0.25) is 0 Å². The molecule has 1 nitrogen and oxygen atoms in total. The monoisotopic (exact) mass is 427 g/mol. The van der Waals surface area contributed by atoms with E-state index in [4.69, 9.17) is 0 Å². The molecule has 0 unspecified atom stereocenters. The van der Waals surface area contributed by atoms with Gasteiger partial charge in [0.1, 0.15) is 0 Å². The highest BCUT2D eigenvalue weighted by Gasteiger charge is 2.61. The van der Waals surface area contributed by atoms with Crippen LogP contribution >= 0.6 is 0 Å². The topological polar surface area (TPSA) is 12.0 Å².